The predicted octanol–water partition coefficient (Wildman–Crippen LogP) is 3.58. The molecule has 1 amide bonds. The number of carbonyl (C=O) groups excluding carboxylic acids is 1. The van der Waals surface area contributed by atoms with Crippen molar-refractivity contribution >= 4 is 11.6 Å². The van der Waals surface area contributed by atoms with Gasteiger partial charge in [-0.1, -0.05) is 24.3 Å². The lowest BCUT2D eigenvalue weighted by Gasteiger charge is -2.14. The highest BCUT2D eigenvalue weighted by molar-refractivity contribution is 5.95. The number of benzene rings is 2. The van der Waals surface area contributed by atoms with Crippen LogP contribution in [0.4, 0.5) is 5.69 Å². The number of aryl methyl sites for hydroxylation is 3. The standard InChI is InChI=1S/C18H22N2O/c1-12-6-5-7-13(2)16(12)11-20-17-10-15(18(21)19-4)9-8-14(17)3/h5-10,20H,11H2,1-4H3,(H,19,21). The first-order valence-electron chi connectivity index (χ1n) is 7.14. The molecule has 0 aliphatic carbocycles. The summed E-state index contributed by atoms with van der Waals surface area (Å²) in [6.07, 6.45) is 0. The average Bonchev–Trinajstić information content (AvgIpc) is 2.47. The van der Waals surface area contributed by atoms with Gasteiger partial charge < -0.3 is 10.6 Å². The topological polar surface area (TPSA) is 41.1 Å². The lowest BCUT2D eigenvalue weighted by molar-refractivity contribution is 0.0963. The Morgan fingerprint density at radius 3 is 2.29 bits per heavy atom. The molecule has 110 valence electrons. The summed E-state index contributed by atoms with van der Waals surface area (Å²) in [5.41, 5.74) is 6.67. The van der Waals surface area contributed by atoms with Crippen LogP contribution in [0.2, 0.25) is 0 Å². The number of hydrogen-bond acceptors (Lipinski definition) is 2. The van der Waals surface area contributed by atoms with E-state index in [4.69, 9.17) is 0 Å². The van der Waals surface area contributed by atoms with Gasteiger partial charge >= 0.3 is 0 Å². The molecule has 2 rings (SSSR count). The molecular formula is C18H22N2O. The zero-order valence-corrected chi connectivity index (χ0v) is 13.1. The minimum Gasteiger partial charge on any atom is -0.381 e. The third-order valence-corrected chi connectivity index (χ3v) is 3.83. The highest BCUT2D eigenvalue weighted by Gasteiger charge is 2.07. The van der Waals surface area contributed by atoms with E-state index in [1.54, 1.807) is 7.05 Å². The first-order chi connectivity index (χ1) is 10.0. The monoisotopic (exact) mass is 282 g/mol. The third-order valence-electron chi connectivity index (χ3n) is 3.83. The van der Waals surface area contributed by atoms with Gasteiger partial charge in [0.15, 0.2) is 0 Å². The molecule has 0 radical (unpaired) electrons. The Morgan fingerprint density at radius 2 is 1.67 bits per heavy atom. The van der Waals surface area contributed by atoms with E-state index in [0.717, 1.165) is 17.8 Å². The first-order valence-corrected chi connectivity index (χ1v) is 7.14. The molecule has 0 spiro atoms. The normalized spacial score (nSPS) is 10.3. The van der Waals surface area contributed by atoms with Crippen molar-refractivity contribution in [2.45, 2.75) is 27.3 Å². The van der Waals surface area contributed by atoms with Gasteiger partial charge in [-0.2, -0.15) is 0 Å². The van der Waals surface area contributed by atoms with Gasteiger partial charge in [-0.25, -0.2) is 0 Å². The molecule has 0 heterocycles. The molecule has 0 aliphatic heterocycles. The predicted molar refractivity (Wildman–Crippen MR) is 87.8 cm³/mol. The largest absolute Gasteiger partial charge is 0.381 e. The first kappa shape index (κ1) is 15.1. The van der Waals surface area contributed by atoms with E-state index in [1.165, 1.54) is 16.7 Å². The summed E-state index contributed by atoms with van der Waals surface area (Å²) in [5.74, 6) is -0.0647. The van der Waals surface area contributed by atoms with E-state index in [9.17, 15) is 4.79 Å². The van der Waals surface area contributed by atoms with Gasteiger partial charge in [-0.05, 0) is 55.2 Å². The Labute approximate surface area is 126 Å². The van der Waals surface area contributed by atoms with Crippen LogP contribution in [0.25, 0.3) is 0 Å². The van der Waals surface area contributed by atoms with Gasteiger partial charge in [0.1, 0.15) is 0 Å². The number of rotatable bonds is 4. The lowest BCUT2D eigenvalue weighted by atomic mass is 10.0. The number of hydrogen-bond donors (Lipinski definition) is 2. The molecule has 2 aromatic carbocycles. The van der Waals surface area contributed by atoms with Crippen molar-refractivity contribution in [1.29, 1.82) is 0 Å². The molecule has 0 atom stereocenters. The van der Waals surface area contributed by atoms with Gasteiger partial charge in [0.05, 0.1) is 0 Å². The summed E-state index contributed by atoms with van der Waals surface area (Å²) in [5, 5.41) is 6.10. The Balaban J connectivity index is 2.22. The van der Waals surface area contributed by atoms with Crippen LogP contribution in [0.5, 0.6) is 0 Å². The van der Waals surface area contributed by atoms with E-state index in [0.29, 0.717) is 5.56 Å². The Hall–Kier alpha value is -2.29. The molecule has 0 saturated heterocycles. The lowest BCUT2D eigenvalue weighted by Crippen LogP contribution is -2.18. The maximum atomic E-state index is 11.7. The molecular weight excluding hydrogens is 260 g/mol. The fraction of sp³-hybridized carbons (Fsp3) is 0.278. The average molecular weight is 282 g/mol. The molecule has 0 unspecified atom stereocenters. The van der Waals surface area contributed by atoms with Gasteiger partial charge in [-0.3, -0.25) is 4.79 Å². The van der Waals surface area contributed by atoms with Crippen molar-refractivity contribution in [3.05, 3.63) is 64.2 Å². The van der Waals surface area contributed by atoms with Crippen LogP contribution in [-0.2, 0) is 6.54 Å². The maximum absolute atomic E-state index is 11.7. The minimum atomic E-state index is -0.0647. The summed E-state index contributed by atoms with van der Waals surface area (Å²) in [6.45, 7) is 7.05. The third kappa shape index (κ3) is 3.43. The number of nitrogens with one attached hydrogen (secondary N) is 2. The SMILES string of the molecule is CNC(=O)c1ccc(C)c(NCc2c(C)cccc2C)c1. The quantitative estimate of drug-likeness (QED) is 0.900. The van der Waals surface area contributed by atoms with Crippen LogP contribution in [-0.4, -0.2) is 13.0 Å². The van der Waals surface area contributed by atoms with Crippen LogP contribution < -0.4 is 10.6 Å². The molecule has 21 heavy (non-hydrogen) atoms. The van der Waals surface area contributed by atoms with Gasteiger partial charge in [0.25, 0.3) is 5.91 Å². The Kier molecular flexibility index (Phi) is 4.63. The molecule has 0 fully saturated rings. The smallest absolute Gasteiger partial charge is 0.251 e. The summed E-state index contributed by atoms with van der Waals surface area (Å²) in [7, 11) is 1.64. The summed E-state index contributed by atoms with van der Waals surface area (Å²) < 4.78 is 0. The van der Waals surface area contributed by atoms with Crippen molar-refractivity contribution in [3.63, 3.8) is 0 Å². The van der Waals surface area contributed by atoms with Gasteiger partial charge in [-0.15, -0.1) is 0 Å². The number of amides is 1. The second-order valence-corrected chi connectivity index (χ2v) is 5.33. The molecule has 2 N–H and O–H groups in total. The molecule has 3 heteroatoms. The number of anilines is 1. The maximum Gasteiger partial charge on any atom is 0.251 e. The summed E-state index contributed by atoms with van der Waals surface area (Å²) in [4.78, 5) is 11.7. The zero-order chi connectivity index (χ0) is 15.4. The van der Waals surface area contributed by atoms with Crippen molar-refractivity contribution < 1.29 is 4.79 Å². The van der Waals surface area contributed by atoms with E-state index < -0.39 is 0 Å². The molecule has 0 saturated carbocycles. The van der Waals surface area contributed by atoms with Crippen LogP contribution in [0, 0.1) is 20.8 Å². The second kappa shape index (κ2) is 6.44. The van der Waals surface area contributed by atoms with E-state index in [1.807, 2.05) is 25.1 Å². The van der Waals surface area contributed by atoms with Crippen LogP contribution >= 0.6 is 0 Å². The second-order valence-electron chi connectivity index (χ2n) is 5.33. The van der Waals surface area contributed by atoms with Crippen LogP contribution in [0.15, 0.2) is 36.4 Å². The van der Waals surface area contributed by atoms with E-state index >= 15 is 0 Å². The van der Waals surface area contributed by atoms with Gasteiger partial charge in [0, 0.05) is 24.8 Å². The number of carbonyl (C=O) groups is 1. The van der Waals surface area contributed by atoms with Crippen molar-refractivity contribution in [2.24, 2.45) is 0 Å². The highest BCUT2D eigenvalue weighted by Crippen LogP contribution is 2.20. The van der Waals surface area contributed by atoms with Gasteiger partial charge in [0.2, 0.25) is 0 Å². The summed E-state index contributed by atoms with van der Waals surface area (Å²) >= 11 is 0. The Bertz CT molecular complexity index is 642. The molecule has 0 aliphatic rings. The highest BCUT2D eigenvalue weighted by atomic mass is 16.1. The molecule has 0 aromatic heterocycles. The summed E-state index contributed by atoms with van der Waals surface area (Å²) in [6, 6.07) is 12.0. The minimum absolute atomic E-state index is 0.0647. The van der Waals surface area contributed by atoms with Crippen molar-refractivity contribution in [3.8, 4) is 0 Å². The zero-order valence-electron chi connectivity index (χ0n) is 13.1. The van der Waals surface area contributed by atoms with E-state index in [-0.39, 0.29) is 5.91 Å². The van der Waals surface area contributed by atoms with Crippen LogP contribution in [0.1, 0.15) is 32.6 Å². The van der Waals surface area contributed by atoms with Crippen LogP contribution in [0.3, 0.4) is 0 Å². The van der Waals surface area contributed by atoms with E-state index in [2.05, 4.69) is 42.7 Å². The fourth-order valence-electron chi connectivity index (χ4n) is 2.41. The molecule has 2 aromatic rings. The molecule has 0 bridgehead atoms. The van der Waals surface area contributed by atoms with Crippen molar-refractivity contribution in [2.75, 3.05) is 12.4 Å². The van der Waals surface area contributed by atoms with Crippen molar-refractivity contribution in [1.82, 2.24) is 5.32 Å². The fourth-order valence-corrected chi connectivity index (χ4v) is 2.41. The Morgan fingerprint density at radius 1 is 1.00 bits per heavy atom. The molecule has 3 nitrogen and oxygen atoms in total.